The Morgan fingerprint density at radius 2 is 1.91 bits per heavy atom. The normalized spacial score (nSPS) is 14.3. The third-order valence-corrected chi connectivity index (χ3v) is 6.22. The van der Waals surface area contributed by atoms with Crippen molar-refractivity contribution in [2.75, 3.05) is 5.88 Å². The van der Waals surface area contributed by atoms with Gasteiger partial charge in [-0.25, -0.2) is 4.98 Å². The quantitative estimate of drug-likeness (QED) is 0.0723. The Balaban J connectivity index is 0.000000446. The van der Waals surface area contributed by atoms with E-state index < -0.39 is 0 Å². The van der Waals surface area contributed by atoms with Gasteiger partial charge in [-0.1, -0.05) is 52.5 Å². The van der Waals surface area contributed by atoms with Crippen LogP contribution in [0.1, 0.15) is 51.4 Å². The Morgan fingerprint density at radius 3 is 2.38 bits per heavy atom. The summed E-state index contributed by atoms with van der Waals surface area (Å²) >= 11 is 14.5. The van der Waals surface area contributed by atoms with Crippen LogP contribution >= 0.6 is 39.1 Å². The summed E-state index contributed by atoms with van der Waals surface area (Å²) in [6.45, 7) is 6.34. The molecule has 1 aliphatic carbocycles. The van der Waals surface area contributed by atoms with Crippen LogP contribution in [0.5, 0.6) is 0 Å². The van der Waals surface area contributed by atoms with Crippen LogP contribution in [0.2, 0.25) is 0 Å². The van der Waals surface area contributed by atoms with E-state index in [2.05, 4.69) is 62.5 Å². The number of terminal acetylenes is 1. The number of rotatable bonds is 7. The molecule has 2 N–H and O–H groups in total. The van der Waals surface area contributed by atoms with E-state index in [1.807, 2.05) is 44.5 Å². The van der Waals surface area contributed by atoms with E-state index in [9.17, 15) is 0 Å². The van der Waals surface area contributed by atoms with Gasteiger partial charge in [-0.05, 0) is 63.5 Å². The maximum Gasteiger partial charge on any atom is 0.209 e. The molecule has 34 heavy (non-hydrogen) atoms. The number of nitrogens with two attached hydrogens (primary N) is 1. The summed E-state index contributed by atoms with van der Waals surface area (Å²) in [5, 5.41) is 4.59. The van der Waals surface area contributed by atoms with Crippen LogP contribution in [0.3, 0.4) is 0 Å². The Morgan fingerprint density at radius 1 is 1.26 bits per heavy atom. The molecule has 8 heteroatoms. The molecule has 5 nitrogen and oxygen atoms in total. The average Bonchev–Trinajstić information content (AvgIpc) is 3.23. The summed E-state index contributed by atoms with van der Waals surface area (Å²) < 4.78 is 9.00. The number of ether oxygens (including phenoxy) is 1. The van der Waals surface area contributed by atoms with Gasteiger partial charge in [-0.2, -0.15) is 0 Å². The van der Waals surface area contributed by atoms with Crippen molar-refractivity contribution < 1.29 is 4.74 Å². The molecule has 0 unspecified atom stereocenters. The molecule has 0 bridgehead atoms. The molecule has 1 heterocycles. The van der Waals surface area contributed by atoms with E-state index in [1.54, 1.807) is 0 Å². The molecule has 0 atom stereocenters. The van der Waals surface area contributed by atoms with Crippen LogP contribution in [0.4, 0.5) is 0 Å². The van der Waals surface area contributed by atoms with Crippen LogP contribution in [0, 0.1) is 18.8 Å². The zero-order valence-corrected chi connectivity index (χ0v) is 23.1. The van der Waals surface area contributed by atoms with Crippen molar-refractivity contribution >= 4 is 45.0 Å². The zero-order valence-electron chi connectivity index (χ0n) is 20.0. The predicted octanol–water partition coefficient (Wildman–Crippen LogP) is 7.35. The predicted molar refractivity (Wildman–Crippen MR) is 148 cm³/mol. The van der Waals surface area contributed by atoms with Crippen LogP contribution < -0.4 is 5.84 Å². The van der Waals surface area contributed by atoms with Gasteiger partial charge < -0.3 is 15.1 Å². The van der Waals surface area contributed by atoms with Crippen molar-refractivity contribution in [1.82, 2.24) is 9.55 Å². The number of hydrazone groups is 1. The maximum atomic E-state index is 5.83. The molecule has 1 aromatic heterocycles. The number of nitrogens with zero attached hydrogens (tertiary/aromatic N) is 3. The molecule has 1 aromatic carbocycles. The first-order valence-electron chi connectivity index (χ1n) is 11.0. The Hall–Kier alpha value is -2.20. The van der Waals surface area contributed by atoms with Crippen molar-refractivity contribution in [3.63, 3.8) is 0 Å². The number of hydrogen-bond acceptors (Lipinski definition) is 4. The summed E-state index contributed by atoms with van der Waals surface area (Å²) in [6, 6.07) is 8.19. The molecule has 0 spiro atoms. The molecular formula is C26H33BrCl2N4O. The van der Waals surface area contributed by atoms with Gasteiger partial charge in [0.05, 0.1) is 12.0 Å². The second kappa shape index (κ2) is 16.4. The van der Waals surface area contributed by atoms with Gasteiger partial charge in [0.2, 0.25) is 5.90 Å². The minimum absolute atomic E-state index is 0.388. The highest BCUT2D eigenvalue weighted by Crippen LogP contribution is 2.28. The summed E-state index contributed by atoms with van der Waals surface area (Å²) in [4.78, 5) is 4.53. The standard InChI is InChI=1S/C17H21BrN4O.C7H10Cl2.C2H2/c1-2-16-15(10-23-17(21-19)12-4-3-5-12)20-11-22(16)14-8-6-13(18)7-9-14;1-6(5-8)3-4-7(2)9;1-2/h6-9,11-12H,2-5,10,19H2,1H3;3-4H,5H2,1-2H3;1-2H/b21-17-;6-3-,7-4+;. The lowest BCUT2D eigenvalue weighted by atomic mass is 9.85. The number of halogens is 3. The van der Waals surface area contributed by atoms with Crippen molar-refractivity contribution in [2.24, 2.45) is 16.9 Å². The highest BCUT2D eigenvalue weighted by Gasteiger charge is 2.25. The number of hydrogen-bond donors (Lipinski definition) is 1. The van der Waals surface area contributed by atoms with E-state index in [4.69, 9.17) is 33.8 Å². The van der Waals surface area contributed by atoms with Crippen molar-refractivity contribution in [3.05, 3.63) is 69.2 Å². The molecule has 1 saturated carbocycles. The van der Waals surface area contributed by atoms with Gasteiger partial charge in [-0.3, -0.25) is 0 Å². The van der Waals surface area contributed by atoms with E-state index in [0.717, 1.165) is 51.4 Å². The molecule has 0 saturated heterocycles. The van der Waals surface area contributed by atoms with Crippen LogP contribution in [-0.4, -0.2) is 21.3 Å². The minimum Gasteiger partial charge on any atom is -0.473 e. The van der Waals surface area contributed by atoms with Gasteiger partial charge in [0.1, 0.15) is 6.61 Å². The van der Waals surface area contributed by atoms with Gasteiger partial charge in [0.15, 0.2) is 0 Å². The summed E-state index contributed by atoms with van der Waals surface area (Å²) in [5.74, 6) is 7.08. The number of allylic oxidation sites excluding steroid dienone is 4. The largest absolute Gasteiger partial charge is 0.473 e. The monoisotopic (exact) mass is 566 g/mol. The molecule has 1 aliphatic rings. The molecule has 0 radical (unpaired) electrons. The summed E-state index contributed by atoms with van der Waals surface area (Å²) in [7, 11) is 0. The maximum absolute atomic E-state index is 5.83. The first-order chi connectivity index (χ1) is 16.4. The molecule has 1 fully saturated rings. The smallest absolute Gasteiger partial charge is 0.209 e. The second-order valence-electron chi connectivity index (χ2n) is 7.62. The second-order valence-corrected chi connectivity index (χ2v) is 9.40. The lowest BCUT2D eigenvalue weighted by Gasteiger charge is -2.25. The number of imidazole rings is 1. The lowest BCUT2D eigenvalue weighted by Crippen LogP contribution is -2.25. The molecular weight excluding hydrogens is 535 g/mol. The van der Waals surface area contributed by atoms with Crippen LogP contribution in [0.25, 0.3) is 5.69 Å². The van der Waals surface area contributed by atoms with Crippen LogP contribution in [0.15, 0.2) is 62.9 Å². The first-order valence-corrected chi connectivity index (χ1v) is 12.7. The van der Waals surface area contributed by atoms with Gasteiger partial charge in [-0.15, -0.1) is 29.5 Å². The molecule has 184 valence electrons. The van der Waals surface area contributed by atoms with E-state index in [0.29, 0.717) is 24.3 Å². The van der Waals surface area contributed by atoms with Crippen molar-refractivity contribution in [1.29, 1.82) is 0 Å². The van der Waals surface area contributed by atoms with E-state index in [1.165, 1.54) is 6.42 Å². The third-order valence-electron chi connectivity index (χ3n) is 5.14. The molecule has 3 rings (SSSR count). The van der Waals surface area contributed by atoms with E-state index in [-0.39, 0.29) is 0 Å². The fourth-order valence-corrected chi connectivity index (χ4v) is 3.51. The fourth-order valence-electron chi connectivity index (χ4n) is 3.09. The third kappa shape index (κ3) is 9.58. The zero-order chi connectivity index (χ0) is 25.5. The number of aromatic nitrogens is 2. The van der Waals surface area contributed by atoms with E-state index >= 15 is 0 Å². The van der Waals surface area contributed by atoms with Gasteiger partial charge >= 0.3 is 0 Å². The average molecular weight is 568 g/mol. The Bertz CT molecular complexity index is 986. The SMILES string of the molecule is C#C.C/C(=C/C=C(\C)Cl)CCl.CCc1c(CO/C(=N\N)C2CCC2)ncn1-c1ccc(Br)cc1. The topological polar surface area (TPSA) is 65.4 Å². The number of alkyl halides is 1. The molecule has 0 aliphatic heterocycles. The van der Waals surface area contributed by atoms with Gasteiger partial charge in [0, 0.05) is 32.7 Å². The van der Waals surface area contributed by atoms with Crippen LogP contribution in [-0.2, 0) is 17.8 Å². The Kier molecular flexibility index (Phi) is 14.4. The highest BCUT2D eigenvalue weighted by atomic mass is 79.9. The van der Waals surface area contributed by atoms with Crippen molar-refractivity contribution in [3.8, 4) is 18.5 Å². The Labute approximate surface area is 222 Å². The lowest BCUT2D eigenvalue weighted by molar-refractivity contribution is 0.235. The summed E-state index contributed by atoms with van der Waals surface area (Å²) in [5.41, 5.74) is 4.31. The highest BCUT2D eigenvalue weighted by molar-refractivity contribution is 9.10. The fraction of sp³-hybridized carbons (Fsp3) is 0.385. The molecule has 2 aromatic rings. The van der Waals surface area contributed by atoms with Gasteiger partial charge in [0.25, 0.3) is 0 Å². The first kappa shape index (κ1) is 29.8. The molecule has 0 amide bonds. The minimum atomic E-state index is 0.388. The van der Waals surface area contributed by atoms with Crippen molar-refractivity contribution in [2.45, 2.75) is 53.1 Å². The summed E-state index contributed by atoms with van der Waals surface area (Å²) in [6.07, 6.45) is 17.9. The number of benzene rings is 1.